The molecule has 0 radical (unpaired) electrons. The van der Waals surface area contributed by atoms with Crippen molar-refractivity contribution in [2.24, 2.45) is 0 Å². The summed E-state index contributed by atoms with van der Waals surface area (Å²) in [6.45, 7) is 1.74. The maximum atomic E-state index is 9.29. The van der Waals surface area contributed by atoms with Gasteiger partial charge in [-0.25, -0.2) is 0 Å². The zero-order valence-electron chi connectivity index (χ0n) is 9.86. The first-order valence-corrected chi connectivity index (χ1v) is 6.51. The number of hydrogen-bond donors (Lipinski definition) is 2. The van der Waals surface area contributed by atoms with E-state index in [9.17, 15) is 10.0 Å². The van der Waals surface area contributed by atoms with Gasteiger partial charge in [-0.3, -0.25) is 4.98 Å². The third-order valence-electron chi connectivity index (χ3n) is 2.71. The Bertz CT molecular complexity index is 635. The van der Waals surface area contributed by atoms with Crippen molar-refractivity contribution >= 4 is 47.4 Å². The monoisotopic (exact) mass is 315 g/mol. The van der Waals surface area contributed by atoms with Gasteiger partial charge in [-0.05, 0) is 36.1 Å². The molecule has 0 bridgehead atoms. The molecule has 0 atom stereocenters. The summed E-state index contributed by atoms with van der Waals surface area (Å²) in [5, 5.41) is 19.7. The lowest BCUT2D eigenvalue weighted by molar-refractivity contribution is 0.425. The quantitative estimate of drug-likeness (QED) is 0.661. The van der Waals surface area contributed by atoms with Gasteiger partial charge in [-0.1, -0.05) is 34.8 Å². The van der Waals surface area contributed by atoms with Gasteiger partial charge >= 0.3 is 7.12 Å². The van der Waals surface area contributed by atoms with Crippen LogP contribution in [0.3, 0.4) is 0 Å². The van der Waals surface area contributed by atoms with Crippen LogP contribution in [0.1, 0.15) is 5.56 Å². The fourth-order valence-corrected chi connectivity index (χ4v) is 2.33. The third kappa shape index (κ3) is 3.04. The second-order valence-corrected chi connectivity index (χ2v) is 5.27. The lowest BCUT2D eigenvalue weighted by atomic mass is 9.77. The zero-order chi connectivity index (χ0) is 14.2. The summed E-state index contributed by atoms with van der Waals surface area (Å²) in [6.07, 6.45) is 1.54. The van der Waals surface area contributed by atoms with Crippen LogP contribution >= 0.6 is 34.8 Å². The highest BCUT2D eigenvalue weighted by atomic mass is 35.5. The largest absolute Gasteiger partial charge is 0.488 e. The van der Waals surface area contributed by atoms with E-state index < -0.39 is 7.12 Å². The van der Waals surface area contributed by atoms with Crippen molar-refractivity contribution in [1.29, 1.82) is 0 Å². The average Bonchev–Trinajstić information content (AvgIpc) is 2.34. The molecule has 0 amide bonds. The van der Waals surface area contributed by atoms with Crippen molar-refractivity contribution in [3.63, 3.8) is 0 Å². The molecule has 98 valence electrons. The van der Waals surface area contributed by atoms with E-state index in [1.54, 1.807) is 25.3 Å². The molecule has 0 saturated heterocycles. The highest BCUT2D eigenvalue weighted by Crippen LogP contribution is 2.34. The average molecular weight is 316 g/mol. The fraction of sp³-hybridized carbons (Fsp3) is 0.0833. The van der Waals surface area contributed by atoms with E-state index in [1.165, 1.54) is 6.07 Å². The van der Waals surface area contributed by atoms with Crippen molar-refractivity contribution in [2.75, 3.05) is 0 Å². The van der Waals surface area contributed by atoms with Gasteiger partial charge in [0.15, 0.2) is 0 Å². The van der Waals surface area contributed by atoms with E-state index in [0.717, 1.165) is 0 Å². The van der Waals surface area contributed by atoms with E-state index in [0.29, 0.717) is 37.4 Å². The first-order chi connectivity index (χ1) is 8.90. The van der Waals surface area contributed by atoms with Gasteiger partial charge in [-0.15, -0.1) is 0 Å². The normalized spacial score (nSPS) is 10.6. The second kappa shape index (κ2) is 5.69. The fourth-order valence-electron chi connectivity index (χ4n) is 1.68. The summed E-state index contributed by atoms with van der Waals surface area (Å²) in [5.74, 6) is 0. The molecule has 0 aliphatic heterocycles. The SMILES string of the molecule is Cc1cnc(-c2cc(Cl)c(Cl)cc2Cl)cc1B(O)O. The Labute approximate surface area is 125 Å². The van der Waals surface area contributed by atoms with Crippen molar-refractivity contribution in [3.05, 3.63) is 45.0 Å². The number of rotatable bonds is 2. The summed E-state index contributed by atoms with van der Waals surface area (Å²) >= 11 is 17.9. The minimum Gasteiger partial charge on any atom is -0.423 e. The second-order valence-electron chi connectivity index (χ2n) is 4.05. The molecule has 1 heterocycles. The van der Waals surface area contributed by atoms with Gasteiger partial charge in [0.1, 0.15) is 0 Å². The molecule has 2 rings (SSSR count). The maximum Gasteiger partial charge on any atom is 0.488 e. The molecular formula is C12H9BCl3NO2. The van der Waals surface area contributed by atoms with Gasteiger partial charge in [0, 0.05) is 11.8 Å². The molecule has 0 spiro atoms. The van der Waals surface area contributed by atoms with Crippen LogP contribution in [0.25, 0.3) is 11.3 Å². The first-order valence-electron chi connectivity index (χ1n) is 5.37. The molecule has 1 aromatic carbocycles. The first kappa shape index (κ1) is 14.6. The molecule has 2 aromatic rings. The Kier molecular flexibility index (Phi) is 4.38. The lowest BCUT2D eigenvalue weighted by Crippen LogP contribution is -2.32. The molecule has 7 heteroatoms. The van der Waals surface area contributed by atoms with Crippen LogP contribution in [0.2, 0.25) is 15.1 Å². The lowest BCUT2D eigenvalue weighted by Gasteiger charge is -2.09. The van der Waals surface area contributed by atoms with Crippen LogP contribution in [0.5, 0.6) is 0 Å². The number of aromatic nitrogens is 1. The van der Waals surface area contributed by atoms with Gasteiger partial charge in [0.05, 0.1) is 20.8 Å². The van der Waals surface area contributed by atoms with Crippen molar-refractivity contribution in [3.8, 4) is 11.3 Å². The van der Waals surface area contributed by atoms with E-state index in [4.69, 9.17) is 34.8 Å². The maximum absolute atomic E-state index is 9.29. The van der Waals surface area contributed by atoms with Crippen molar-refractivity contribution in [2.45, 2.75) is 6.92 Å². The summed E-state index contributed by atoms with van der Waals surface area (Å²) in [6, 6.07) is 4.68. The minimum atomic E-state index is -1.57. The molecule has 19 heavy (non-hydrogen) atoms. The third-order valence-corrected chi connectivity index (χ3v) is 3.74. The molecular weight excluding hydrogens is 307 g/mol. The molecule has 0 saturated carbocycles. The number of halogens is 3. The van der Waals surface area contributed by atoms with Gasteiger partial charge < -0.3 is 10.0 Å². The molecule has 0 aliphatic rings. The van der Waals surface area contributed by atoms with Gasteiger partial charge in [-0.2, -0.15) is 0 Å². The zero-order valence-corrected chi connectivity index (χ0v) is 12.1. The number of benzene rings is 1. The summed E-state index contributed by atoms with van der Waals surface area (Å²) in [4.78, 5) is 4.21. The summed E-state index contributed by atoms with van der Waals surface area (Å²) < 4.78 is 0. The Hall–Kier alpha value is -0.775. The van der Waals surface area contributed by atoms with Gasteiger partial charge in [0.2, 0.25) is 0 Å². The number of nitrogens with zero attached hydrogens (tertiary/aromatic N) is 1. The number of hydrogen-bond acceptors (Lipinski definition) is 3. The van der Waals surface area contributed by atoms with Crippen LogP contribution in [-0.4, -0.2) is 22.2 Å². The minimum absolute atomic E-state index is 0.352. The highest BCUT2D eigenvalue weighted by molar-refractivity contribution is 6.59. The van der Waals surface area contributed by atoms with Crippen LogP contribution in [0, 0.1) is 6.92 Å². The predicted molar refractivity (Wildman–Crippen MR) is 79.3 cm³/mol. The van der Waals surface area contributed by atoms with E-state index in [-0.39, 0.29) is 0 Å². The molecule has 0 fully saturated rings. The standard InChI is InChI=1S/C12H9BCl3NO2/c1-6-5-17-12(3-8(6)13(18)19)7-2-10(15)11(16)4-9(7)14/h2-5,18-19H,1H3. The van der Waals surface area contributed by atoms with Crippen molar-refractivity contribution in [1.82, 2.24) is 4.98 Å². The Morgan fingerprint density at radius 1 is 1.00 bits per heavy atom. The Morgan fingerprint density at radius 3 is 2.26 bits per heavy atom. The molecule has 0 aliphatic carbocycles. The molecule has 1 aromatic heterocycles. The Morgan fingerprint density at radius 2 is 1.63 bits per heavy atom. The summed E-state index contributed by atoms with van der Waals surface area (Å²) in [7, 11) is -1.57. The van der Waals surface area contributed by atoms with E-state index >= 15 is 0 Å². The van der Waals surface area contributed by atoms with Crippen LogP contribution in [-0.2, 0) is 0 Å². The molecule has 0 unspecified atom stereocenters. The van der Waals surface area contributed by atoms with E-state index in [2.05, 4.69) is 4.98 Å². The van der Waals surface area contributed by atoms with Crippen LogP contribution in [0.15, 0.2) is 24.4 Å². The predicted octanol–water partition coefficient (Wildman–Crippen LogP) is 2.70. The molecule has 3 nitrogen and oxygen atoms in total. The van der Waals surface area contributed by atoms with Crippen molar-refractivity contribution < 1.29 is 10.0 Å². The highest BCUT2D eigenvalue weighted by Gasteiger charge is 2.17. The van der Waals surface area contributed by atoms with Gasteiger partial charge in [0.25, 0.3) is 0 Å². The van der Waals surface area contributed by atoms with Crippen LogP contribution in [0.4, 0.5) is 0 Å². The smallest absolute Gasteiger partial charge is 0.423 e. The number of pyridine rings is 1. The summed E-state index contributed by atoms with van der Waals surface area (Å²) in [5.41, 5.74) is 2.12. The van der Waals surface area contributed by atoms with E-state index in [1.807, 2.05) is 0 Å². The molecule has 2 N–H and O–H groups in total. The Balaban J connectivity index is 2.59. The topological polar surface area (TPSA) is 53.4 Å². The van der Waals surface area contributed by atoms with Crippen LogP contribution < -0.4 is 5.46 Å². The number of aryl methyl sites for hydroxylation is 1.